The molecule has 0 aromatic heterocycles. The largest absolute Gasteiger partial charge is 0.409 e. The topological polar surface area (TPSA) is 99.0 Å². The van der Waals surface area contributed by atoms with Crippen LogP contribution in [0.4, 0.5) is 5.69 Å². The van der Waals surface area contributed by atoms with Crippen molar-refractivity contribution in [1.82, 2.24) is 4.31 Å². The number of nitro benzene ring substituents is 1. The van der Waals surface area contributed by atoms with Gasteiger partial charge in [0.2, 0.25) is 0 Å². The van der Waals surface area contributed by atoms with Gasteiger partial charge in [-0.15, -0.1) is 6.58 Å². The molecule has 0 N–H and O–H groups in total. The molecular weight excluding hydrogens is 525 g/mol. The molecule has 3 atom stereocenters. The average Bonchev–Trinajstić information content (AvgIpc) is 3.10. The minimum absolute atomic E-state index is 0.0342. The predicted octanol–water partition coefficient (Wildman–Crippen LogP) is 6.49. The molecule has 1 aliphatic rings. The average molecular weight is 569 g/mol. The number of hydrogen-bond donors (Lipinski definition) is 0. The molecule has 0 unspecified atom stereocenters. The summed E-state index contributed by atoms with van der Waals surface area (Å²) in [5, 5.41) is 11.5. The van der Waals surface area contributed by atoms with E-state index >= 15 is 0 Å². The molecule has 2 rings (SSSR count). The third-order valence-electron chi connectivity index (χ3n) is 7.92. The van der Waals surface area contributed by atoms with Crippen LogP contribution in [-0.4, -0.2) is 59.1 Å². The SMILES string of the molecule is C=CCN([C@@H]1C=C[C@@H](O[Si](C)(C)C(C)(C)C)[C@H]1O[Si](C)(C)C(C)(C)C)S(=O)(=O)c1ccccc1[N+](=O)[O-]. The molecule has 1 aromatic carbocycles. The van der Waals surface area contributed by atoms with Crippen LogP contribution in [0.5, 0.6) is 0 Å². The standard InChI is InChI=1S/C26H44N2O6SSi2/c1-12-19-27(35(31,32)23-16-14-13-15-20(23)28(29)30)21-17-18-22(33-36(8,9)25(2,3)4)24(21)34-37(10,11)26(5,6)7/h12-18,21-22,24H,1,19H2,2-11H3/t21-,22-,24+/m1/s1. The zero-order valence-corrected chi connectivity index (χ0v) is 26.8. The number of hydrogen-bond acceptors (Lipinski definition) is 6. The van der Waals surface area contributed by atoms with Gasteiger partial charge in [0.25, 0.3) is 15.7 Å². The molecule has 11 heteroatoms. The maximum absolute atomic E-state index is 14.0. The second-order valence-corrected chi connectivity index (χ2v) is 24.0. The van der Waals surface area contributed by atoms with Gasteiger partial charge >= 0.3 is 0 Å². The van der Waals surface area contributed by atoms with Gasteiger partial charge in [0, 0.05) is 12.6 Å². The Labute approximate surface area is 225 Å². The van der Waals surface area contributed by atoms with E-state index in [1.54, 1.807) is 0 Å². The summed E-state index contributed by atoms with van der Waals surface area (Å²) in [5.74, 6) is 0. The summed E-state index contributed by atoms with van der Waals surface area (Å²) in [6, 6.07) is 4.71. The van der Waals surface area contributed by atoms with E-state index in [0.717, 1.165) is 0 Å². The lowest BCUT2D eigenvalue weighted by molar-refractivity contribution is -0.387. The van der Waals surface area contributed by atoms with Crippen molar-refractivity contribution in [2.24, 2.45) is 0 Å². The van der Waals surface area contributed by atoms with Gasteiger partial charge in [0.1, 0.15) is 0 Å². The first-order chi connectivity index (χ1) is 16.7. The number of benzene rings is 1. The van der Waals surface area contributed by atoms with Crippen molar-refractivity contribution in [2.75, 3.05) is 6.54 Å². The van der Waals surface area contributed by atoms with Gasteiger partial charge in [-0.1, -0.05) is 71.9 Å². The number of para-hydroxylation sites is 1. The van der Waals surface area contributed by atoms with Gasteiger partial charge < -0.3 is 8.85 Å². The molecule has 208 valence electrons. The molecule has 0 radical (unpaired) electrons. The van der Waals surface area contributed by atoms with Gasteiger partial charge in [-0.3, -0.25) is 10.1 Å². The first kappa shape index (κ1) is 31.6. The highest BCUT2D eigenvalue weighted by atomic mass is 32.2. The summed E-state index contributed by atoms with van der Waals surface area (Å²) in [6.45, 7) is 25.2. The monoisotopic (exact) mass is 568 g/mol. The van der Waals surface area contributed by atoms with Gasteiger partial charge in [-0.2, -0.15) is 4.31 Å². The van der Waals surface area contributed by atoms with E-state index in [-0.39, 0.29) is 21.5 Å². The molecule has 0 saturated heterocycles. The lowest BCUT2D eigenvalue weighted by Crippen LogP contribution is -2.56. The van der Waals surface area contributed by atoms with Crippen molar-refractivity contribution in [3.63, 3.8) is 0 Å². The molecule has 37 heavy (non-hydrogen) atoms. The van der Waals surface area contributed by atoms with Crippen LogP contribution in [0.3, 0.4) is 0 Å². The molecule has 0 aliphatic heterocycles. The van der Waals surface area contributed by atoms with Crippen LogP contribution in [0.15, 0.2) is 54.0 Å². The molecule has 0 amide bonds. The van der Waals surface area contributed by atoms with E-state index in [2.05, 4.69) is 74.3 Å². The van der Waals surface area contributed by atoms with Crippen LogP contribution in [0.2, 0.25) is 36.3 Å². The Morgan fingerprint density at radius 3 is 2.00 bits per heavy atom. The zero-order valence-electron chi connectivity index (χ0n) is 23.9. The Hall–Kier alpha value is -1.64. The van der Waals surface area contributed by atoms with Crippen LogP contribution in [-0.2, 0) is 18.9 Å². The summed E-state index contributed by atoms with van der Waals surface area (Å²) in [4.78, 5) is 10.7. The number of nitro groups is 1. The highest BCUT2D eigenvalue weighted by Gasteiger charge is 2.50. The molecule has 0 bridgehead atoms. The number of sulfonamides is 1. The van der Waals surface area contributed by atoms with Crippen LogP contribution in [0.25, 0.3) is 0 Å². The summed E-state index contributed by atoms with van der Waals surface area (Å²) in [7, 11) is -8.90. The van der Waals surface area contributed by atoms with Crippen molar-refractivity contribution < 1.29 is 22.2 Å². The first-order valence-electron chi connectivity index (χ1n) is 12.6. The van der Waals surface area contributed by atoms with Gasteiger partial charge in [0.15, 0.2) is 21.5 Å². The van der Waals surface area contributed by atoms with E-state index in [1.807, 2.05) is 12.2 Å². The third-order valence-corrected chi connectivity index (χ3v) is 18.8. The molecular formula is C26H44N2O6SSi2. The van der Waals surface area contributed by atoms with E-state index < -0.39 is 55.5 Å². The lowest BCUT2D eigenvalue weighted by atomic mass is 10.2. The first-order valence-corrected chi connectivity index (χ1v) is 19.8. The summed E-state index contributed by atoms with van der Waals surface area (Å²) in [5.41, 5.74) is -0.463. The number of rotatable bonds is 10. The van der Waals surface area contributed by atoms with Crippen molar-refractivity contribution >= 4 is 32.3 Å². The molecule has 0 spiro atoms. The summed E-state index contributed by atoms with van der Waals surface area (Å²) < 4.78 is 42.8. The molecule has 0 saturated carbocycles. The maximum Gasteiger partial charge on any atom is 0.289 e. The van der Waals surface area contributed by atoms with Gasteiger partial charge in [0.05, 0.1) is 23.2 Å². The molecule has 1 aliphatic carbocycles. The van der Waals surface area contributed by atoms with Gasteiger partial charge in [-0.25, -0.2) is 8.42 Å². The fraction of sp³-hybridized carbons (Fsp3) is 0.615. The van der Waals surface area contributed by atoms with E-state index in [9.17, 15) is 18.5 Å². The molecule has 0 heterocycles. The zero-order chi connectivity index (χ0) is 28.6. The minimum atomic E-state index is -4.28. The fourth-order valence-corrected chi connectivity index (χ4v) is 7.91. The highest BCUT2D eigenvalue weighted by Crippen LogP contribution is 2.43. The fourth-order valence-electron chi connectivity index (χ4n) is 3.63. The van der Waals surface area contributed by atoms with Crippen molar-refractivity contribution in [3.8, 4) is 0 Å². The van der Waals surface area contributed by atoms with Crippen molar-refractivity contribution in [2.45, 2.75) is 101 Å². The van der Waals surface area contributed by atoms with Crippen molar-refractivity contribution in [1.29, 1.82) is 0 Å². The predicted molar refractivity (Wildman–Crippen MR) is 154 cm³/mol. The Kier molecular flexibility index (Phi) is 9.26. The van der Waals surface area contributed by atoms with Crippen molar-refractivity contribution in [3.05, 3.63) is 59.2 Å². The Morgan fingerprint density at radius 2 is 1.51 bits per heavy atom. The highest BCUT2D eigenvalue weighted by molar-refractivity contribution is 7.89. The number of nitrogens with zero attached hydrogens (tertiary/aromatic N) is 2. The molecule has 1 aromatic rings. The lowest BCUT2D eigenvalue weighted by Gasteiger charge is -2.45. The summed E-state index contributed by atoms with van der Waals surface area (Å²) in [6.07, 6.45) is 4.14. The second-order valence-electron chi connectivity index (χ2n) is 12.6. The Balaban J connectivity index is 2.64. The Bertz CT molecular complexity index is 1140. The van der Waals surface area contributed by atoms with Crippen LogP contribution < -0.4 is 0 Å². The van der Waals surface area contributed by atoms with E-state index in [1.165, 1.54) is 34.6 Å². The second kappa shape index (κ2) is 10.9. The van der Waals surface area contributed by atoms with E-state index in [0.29, 0.717) is 0 Å². The van der Waals surface area contributed by atoms with Crippen LogP contribution >= 0.6 is 0 Å². The van der Waals surface area contributed by atoms with Gasteiger partial charge in [-0.05, 0) is 42.3 Å². The molecule has 0 fully saturated rings. The van der Waals surface area contributed by atoms with E-state index in [4.69, 9.17) is 8.85 Å². The smallest absolute Gasteiger partial charge is 0.289 e. The Morgan fingerprint density at radius 1 is 1.00 bits per heavy atom. The normalized spacial score (nSPS) is 21.4. The maximum atomic E-state index is 14.0. The molecule has 8 nitrogen and oxygen atoms in total. The van der Waals surface area contributed by atoms with Crippen LogP contribution in [0.1, 0.15) is 41.5 Å². The quantitative estimate of drug-likeness (QED) is 0.138. The minimum Gasteiger partial charge on any atom is -0.409 e. The third kappa shape index (κ3) is 6.69. The summed E-state index contributed by atoms with van der Waals surface area (Å²) >= 11 is 0. The van der Waals surface area contributed by atoms with Crippen LogP contribution in [0, 0.1) is 10.1 Å².